The number of alkyl halides is 1. The maximum Gasteiger partial charge on any atom is 0.306 e. The first kappa shape index (κ1) is 38.1. The van der Waals surface area contributed by atoms with Gasteiger partial charge < -0.3 is 14.6 Å². The van der Waals surface area contributed by atoms with Gasteiger partial charge in [0.15, 0.2) is 23.7 Å². The van der Waals surface area contributed by atoms with Crippen molar-refractivity contribution in [3.63, 3.8) is 0 Å². The molecule has 0 amide bonds. The standard InChI is InChI=1S/C32H47FN2O13/c1-20-16-24-23-11-10-21-17-22(36)12-13-29(21,2)31(23,33)25(37)18-30(24,3)32(20,48-28(40)8-5-4-6-14-46-34(41)42)26(38)19-45-27(39)9-7-15-47-35(43)44/h12-13,17,20,23-25,37,41-44H,4-11,14-16,18-19H2,1-3H3/t20-,23?,24?,25-,29-,30-,31-,32-/m0/s1. The molecule has 2 unspecified atom stereocenters. The third kappa shape index (κ3) is 7.00. The Balaban J connectivity index is 1.59. The summed E-state index contributed by atoms with van der Waals surface area (Å²) in [4.78, 5) is 61.3. The lowest BCUT2D eigenvalue weighted by Gasteiger charge is -2.62. The zero-order valence-electron chi connectivity index (χ0n) is 27.5. The molecule has 270 valence electrons. The summed E-state index contributed by atoms with van der Waals surface area (Å²) in [5.74, 6) is -4.34. The van der Waals surface area contributed by atoms with Gasteiger partial charge in [-0.3, -0.25) is 49.7 Å². The second-order valence-corrected chi connectivity index (χ2v) is 13.8. The molecule has 0 aromatic rings. The van der Waals surface area contributed by atoms with E-state index in [9.17, 15) is 24.3 Å². The van der Waals surface area contributed by atoms with E-state index in [0.717, 1.165) is 0 Å². The first-order valence-electron chi connectivity index (χ1n) is 16.4. The van der Waals surface area contributed by atoms with Gasteiger partial charge in [-0.15, -0.1) is 0 Å². The quantitative estimate of drug-likeness (QED) is 0.0895. The van der Waals surface area contributed by atoms with Crippen molar-refractivity contribution in [1.29, 1.82) is 0 Å². The number of ether oxygens (including phenoxy) is 2. The number of fused-ring (bicyclic) bond motifs is 5. The van der Waals surface area contributed by atoms with Crippen LogP contribution in [0.2, 0.25) is 0 Å². The molecule has 4 aliphatic carbocycles. The summed E-state index contributed by atoms with van der Waals surface area (Å²) < 4.78 is 29.1. The average molecular weight is 687 g/mol. The van der Waals surface area contributed by atoms with Crippen LogP contribution in [0.5, 0.6) is 0 Å². The number of ketones is 2. The van der Waals surface area contributed by atoms with E-state index in [2.05, 4.69) is 9.68 Å². The molecule has 0 bridgehead atoms. The minimum absolute atomic E-state index is 0.0135. The molecule has 4 aliphatic rings. The molecule has 0 heterocycles. The molecule has 0 radical (unpaired) electrons. The van der Waals surface area contributed by atoms with Gasteiger partial charge >= 0.3 is 11.9 Å². The number of allylic oxidation sites excluding steroid dienone is 4. The van der Waals surface area contributed by atoms with Gasteiger partial charge in [-0.1, -0.05) is 31.9 Å². The van der Waals surface area contributed by atoms with Crippen LogP contribution >= 0.6 is 0 Å². The second kappa shape index (κ2) is 15.1. The Morgan fingerprint density at radius 3 is 2.27 bits per heavy atom. The Morgan fingerprint density at radius 2 is 1.60 bits per heavy atom. The molecular formula is C32H47FN2O13. The van der Waals surface area contributed by atoms with Crippen LogP contribution in [0.25, 0.3) is 0 Å². The molecule has 0 aromatic heterocycles. The predicted octanol–water partition coefficient (Wildman–Crippen LogP) is 3.36. The predicted molar refractivity (Wildman–Crippen MR) is 158 cm³/mol. The van der Waals surface area contributed by atoms with Crippen molar-refractivity contribution in [2.24, 2.45) is 28.6 Å². The Bertz CT molecular complexity index is 1290. The number of carbonyl (C=O) groups excluding carboxylic acids is 4. The van der Waals surface area contributed by atoms with Gasteiger partial charge in [0.1, 0.15) is 0 Å². The number of rotatable bonds is 16. The van der Waals surface area contributed by atoms with E-state index in [1.807, 2.05) is 0 Å². The Labute approximate surface area is 277 Å². The van der Waals surface area contributed by atoms with Crippen molar-refractivity contribution in [1.82, 2.24) is 10.8 Å². The van der Waals surface area contributed by atoms with Crippen LogP contribution in [0.4, 0.5) is 4.39 Å². The number of hydrogen-bond donors (Lipinski definition) is 5. The molecular weight excluding hydrogens is 639 g/mol. The van der Waals surface area contributed by atoms with Gasteiger partial charge in [-0.25, -0.2) is 4.39 Å². The molecule has 48 heavy (non-hydrogen) atoms. The van der Waals surface area contributed by atoms with Crippen molar-refractivity contribution >= 4 is 23.5 Å². The van der Waals surface area contributed by atoms with Gasteiger partial charge in [-0.2, -0.15) is 0 Å². The largest absolute Gasteiger partial charge is 0.457 e. The van der Waals surface area contributed by atoms with E-state index in [1.165, 1.54) is 18.2 Å². The lowest BCUT2D eigenvalue weighted by molar-refractivity contribution is -0.492. The van der Waals surface area contributed by atoms with Gasteiger partial charge in [-0.05, 0) is 69.9 Å². The molecule has 5 N–H and O–H groups in total. The van der Waals surface area contributed by atoms with Crippen molar-refractivity contribution in [3.05, 3.63) is 23.8 Å². The van der Waals surface area contributed by atoms with Crippen LogP contribution in [0.15, 0.2) is 23.8 Å². The van der Waals surface area contributed by atoms with Crippen LogP contribution in [0.1, 0.15) is 85.0 Å². The molecule has 3 fully saturated rings. The highest BCUT2D eigenvalue weighted by molar-refractivity contribution is 6.01. The van der Waals surface area contributed by atoms with E-state index >= 15 is 4.39 Å². The van der Waals surface area contributed by atoms with E-state index in [0.29, 0.717) is 37.7 Å². The molecule has 4 rings (SSSR count). The lowest BCUT2D eigenvalue weighted by Crippen LogP contribution is -2.70. The highest BCUT2D eigenvalue weighted by Crippen LogP contribution is 2.71. The number of carbonyl (C=O) groups is 4. The first-order valence-corrected chi connectivity index (χ1v) is 16.4. The smallest absolute Gasteiger partial charge is 0.306 e. The monoisotopic (exact) mass is 686 g/mol. The van der Waals surface area contributed by atoms with Crippen LogP contribution in [0.3, 0.4) is 0 Å². The summed E-state index contributed by atoms with van der Waals surface area (Å²) in [7, 11) is 0. The molecule has 0 aromatic carbocycles. The number of nitrogens with zero attached hydrogens (tertiary/aromatic N) is 2. The summed E-state index contributed by atoms with van der Waals surface area (Å²) in [5.41, 5.74) is -5.95. The first-order chi connectivity index (χ1) is 22.5. The van der Waals surface area contributed by atoms with Crippen LogP contribution in [-0.4, -0.2) is 97.4 Å². The molecule has 0 aliphatic heterocycles. The number of hydrogen-bond acceptors (Lipinski definition) is 15. The molecule has 8 atom stereocenters. The van der Waals surface area contributed by atoms with E-state index in [1.54, 1.807) is 20.8 Å². The van der Waals surface area contributed by atoms with Crippen molar-refractivity contribution < 1.29 is 68.7 Å². The average Bonchev–Trinajstić information content (AvgIpc) is 3.22. The van der Waals surface area contributed by atoms with Gasteiger partial charge in [0.25, 0.3) is 0 Å². The third-order valence-corrected chi connectivity index (χ3v) is 11.2. The number of halogens is 1. The molecule has 15 nitrogen and oxygen atoms in total. The normalized spacial score (nSPS) is 35.6. The zero-order chi connectivity index (χ0) is 35.5. The summed E-state index contributed by atoms with van der Waals surface area (Å²) in [6, 6.07) is 0. The summed E-state index contributed by atoms with van der Waals surface area (Å²) in [6.07, 6.45) is 4.37. The number of Topliss-reactive ketones (excluding diaryl/α,β-unsaturated/α-hetero) is 1. The lowest BCUT2D eigenvalue weighted by atomic mass is 9.44. The minimum atomic E-state index is -2.17. The van der Waals surface area contributed by atoms with Crippen molar-refractivity contribution in [2.75, 3.05) is 19.8 Å². The number of aliphatic hydroxyl groups is 1. The van der Waals surface area contributed by atoms with Crippen LogP contribution in [0, 0.1) is 28.6 Å². The Hall–Kier alpha value is -2.67. The van der Waals surface area contributed by atoms with Gasteiger partial charge in [0, 0.05) is 35.5 Å². The van der Waals surface area contributed by atoms with Crippen LogP contribution < -0.4 is 0 Å². The fraction of sp³-hybridized carbons (Fsp3) is 0.750. The summed E-state index contributed by atoms with van der Waals surface area (Å²) >= 11 is 0. The van der Waals surface area contributed by atoms with Gasteiger partial charge in [0.2, 0.25) is 5.78 Å². The topological polar surface area (TPSA) is 213 Å². The number of aliphatic hydroxyl groups excluding tert-OH is 1. The summed E-state index contributed by atoms with van der Waals surface area (Å²) in [5, 5.41) is 45.5. The van der Waals surface area contributed by atoms with E-state index in [-0.39, 0.29) is 51.1 Å². The van der Waals surface area contributed by atoms with Crippen molar-refractivity contribution in [3.8, 4) is 0 Å². The fourth-order valence-corrected chi connectivity index (χ4v) is 9.01. The highest BCUT2D eigenvalue weighted by atomic mass is 19.1. The minimum Gasteiger partial charge on any atom is -0.457 e. The van der Waals surface area contributed by atoms with Crippen molar-refractivity contribution in [2.45, 2.75) is 102 Å². The van der Waals surface area contributed by atoms with Crippen LogP contribution in [-0.2, 0) is 38.3 Å². The fourth-order valence-electron chi connectivity index (χ4n) is 9.01. The number of unbranched alkanes of at least 4 members (excludes halogenated alkanes) is 2. The van der Waals surface area contributed by atoms with E-state index < -0.39 is 81.1 Å². The van der Waals surface area contributed by atoms with E-state index in [4.69, 9.17) is 30.3 Å². The maximum absolute atomic E-state index is 17.7. The highest BCUT2D eigenvalue weighted by Gasteiger charge is 2.77. The maximum atomic E-state index is 17.7. The third-order valence-electron chi connectivity index (χ3n) is 11.2. The molecule has 16 heteroatoms. The Kier molecular flexibility index (Phi) is 12.0. The zero-order valence-corrected chi connectivity index (χ0v) is 27.5. The number of esters is 2. The Morgan fingerprint density at radius 1 is 0.958 bits per heavy atom. The molecule has 3 saturated carbocycles. The van der Waals surface area contributed by atoms with Gasteiger partial charge in [0.05, 0.1) is 30.1 Å². The molecule has 0 spiro atoms. The summed E-state index contributed by atoms with van der Waals surface area (Å²) in [6.45, 7) is 4.16. The SMILES string of the molecule is C[C@H]1CC2C3CCC4=CC(=O)C=C[C@]4(C)[C@@]3(F)[C@@H](O)C[C@]2(C)[C@@]1(OC(=O)CCCCCON(O)O)C(=O)COC(=O)CCCON(O)O. The second-order valence-electron chi connectivity index (χ2n) is 13.8. The molecule has 0 saturated heterocycles.